The third-order valence-electron chi connectivity index (χ3n) is 3.02. The number of rotatable bonds is 3. The number of nitrogens with zero attached hydrogens (tertiary/aromatic N) is 1. The standard InChI is InChI=1S/C9H14FNO4S/c10-16(13,14)6-7-3-9(12)11(4-7)8-1-2-15-5-8/h7-8H,1-6H2/t7?,8-/m1/s1. The zero-order valence-corrected chi connectivity index (χ0v) is 9.58. The van der Waals surface area contributed by atoms with Crippen molar-refractivity contribution in [2.45, 2.75) is 18.9 Å². The Kier molecular flexibility index (Phi) is 3.16. The van der Waals surface area contributed by atoms with Crippen LogP contribution in [0.2, 0.25) is 0 Å². The van der Waals surface area contributed by atoms with Gasteiger partial charge in [-0.15, -0.1) is 3.89 Å². The highest BCUT2D eigenvalue weighted by atomic mass is 32.3. The van der Waals surface area contributed by atoms with Crippen LogP contribution in [0.4, 0.5) is 3.89 Å². The summed E-state index contributed by atoms with van der Waals surface area (Å²) in [6, 6.07) is 0.0415. The number of amides is 1. The molecule has 5 nitrogen and oxygen atoms in total. The molecule has 2 heterocycles. The van der Waals surface area contributed by atoms with Gasteiger partial charge in [-0.3, -0.25) is 4.79 Å². The molecule has 92 valence electrons. The van der Waals surface area contributed by atoms with Crippen molar-refractivity contribution in [2.24, 2.45) is 5.92 Å². The molecule has 0 aromatic heterocycles. The molecule has 2 rings (SSSR count). The molecule has 0 radical (unpaired) electrons. The minimum absolute atomic E-state index is 0.0415. The summed E-state index contributed by atoms with van der Waals surface area (Å²) in [7, 11) is -4.49. The van der Waals surface area contributed by atoms with Gasteiger partial charge in [0.25, 0.3) is 0 Å². The molecular formula is C9H14FNO4S. The van der Waals surface area contributed by atoms with E-state index in [9.17, 15) is 17.1 Å². The molecule has 2 aliphatic rings. The quantitative estimate of drug-likeness (QED) is 0.658. The van der Waals surface area contributed by atoms with Gasteiger partial charge in [0, 0.05) is 25.5 Å². The van der Waals surface area contributed by atoms with Gasteiger partial charge >= 0.3 is 10.2 Å². The molecule has 0 aromatic rings. The van der Waals surface area contributed by atoms with E-state index in [-0.39, 0.29) is 18.4 Å². The summed E-state index contributed by atoms with van der Waals surface area (Å²) < 4.78 is 38.7. The Morgan fingerprint density at radius 2 is 2.25 bits per heavy atom. The van der Waals surface area contributed by atoms with E-state index in [2.05, 4.69) is 0 Å². The van der Waals surface area contributed by atoms with E-state index in [0.717, 1.165) is 6.42 Å². The van der Waals surface area contributed by atoms with Gasteiger partial charge in [0.2, 0.25) is 5.91 Å². The number of hydrogen-bond donors (Lipinski definition) is 0. The van der Waals surface area contributed by atoms with Crippen LogP contribution in [-0.4, -0.2) is 50.8 Å². The summed E-state index contributed by atoms with van der Waals surface area (Å²) in [6.45, 7) is 1.46. The molecule has 0 spiro atoms. The second kappa shape index (κ2) is 4.29. The van der Waals surface area contributed by atoms with Crippen LogP contribution in [-0.2, 0) is 19.8 Å². The predicted octanol–water partition coefficient (Wildman–Crippen LogP) is -0.0769. The predicted molar refractivity (Wildman–Crippen MR) is 53.9 cm³/mol. The Labute approximate surface area is 93.8 Å². The van der Waals surface area contributed by atoms with Crippen LogP contribution in [0.25, 0.3) is 0 Å². The highest BCUT2D eigenvalue weighted by molar-refractivity contribution is 7.86. The molecule has 0 bridgehead atoms. The number of carbonyl (C=O) groups excluding carboxylic acids is 1. The van der Waals surface area contributed by atoms with Crippen LogP contribution in [0.3, 0.4) is 0 Å². The SMILES string of the molecule is O=C1CC(CS(=O)(=O)F)CN1[C@@H]1CCOC1. The van der Waals surface area contributed by atoms with Gasteiger partial charge in [-0.25, -0.2) is 0 Å². The first-order chi connectivity index (χ1) is 7.46. The highest BCUT2D eigenvalue weighted by Gasteiger charge is 2.37. The number of ether oxygens (including phenoxy) is 1. The Balaban J connectivity index is 1.96. The van der Waals surface area contributed by atoms with Gasteiger partial charge in [-0.2, -0.15) is 8.42 Å². The van der Waals surface area contributed by atoms with Gasteiger partial charge in [0.15, 0.2) is 0 Å². The molecule has 0 N–H and O–H groups in total. The van der Waals surface area contributed by atoms with Crippen molar-refractivity contribution in [3.8, 4) is 0 Å². The molecule has 1 amide bonds. The number of hydrogen-bond acceptors (Lipinski definition) is 4. The minimum atomic E-state index is -4.49. The van der Waals surface area contributed by atoms with E-state index in [4.69, 9.17) is 4.74 Å². The first kappa shape index (κ1) is 11.8. The van der Waals surface area contributed by atoms with Crippen molar-refractivity contribution in [1.82, 2.24) is 4.90 Å². The average Bonchev–Trinajstić information content (AvgIpc) is 2.71. The Morgan fingerprint density at radius 1 is 1.50 bits per heavy atom. The number of carbonyl (C=O) groups is 1. The molecule has 2 saturated heterocycles. The highest BCUT2D eigenvalue weighted by Crippen LogP contribution is 2.25. The maximum atomic E-state index is 12.5. The van der Waals surface area contributed by atoms with Crippen LogP contribution < -0.4 is 0 Å². The molecular weight excluding hydrogens is 237 g/mol. The zero-order valence-electron chi connectivity index (χ0n) is 8.76. The molecule has 0 saturated carbocycles. The van der Waals surface area contributed by atoms with Crippen molar-refractivity contribution >= 4 is 16.1 Å². The van der Waals surface area contributed by atoms with Crippen LogP contribution in [0.15, 0.2) is 0 Å². The summed E-state index contributed by atoms with van der Waals surface area (Å²) in [4.78, 5) is 13.2. The summed E-state index contributed by atoms with van der Waals surface area (Å²) in [5, 5.41) is 0. The van der Waals surface area contributed by atoms with Crippen LogP contribution in [0, 0.1) is 5.92 Å². The van der Waals surface area contributed by atoms with E-state index in [0.29, 0.717) is 19.8 Å². The Hall–Kier alpha value is -0.690. The fraction of sp³-hybridized carbons (Fsp3) is 0.889. The summed E-state index contributed by atoms with van der Waals surface area (Å²) in [6.07, 6.45) is 0.903. The fourth-order valence-corrected chi connectivity index (χ4v) is 3.11. The molecule has 2 atom stereocenters. The smallest absolute Gasteiger partial charge is 0.302 e. The lowest BCUT2D eigenvalue weighted by atomic mass is 10.1. The van der Waals surface area contributed by atoms with E-state index < -0.39 is 21.9 Å². The third kappa shape index (κ3) is 2.70. The third-order valence-corrected chi connectivity index (χ3v) is 3.89. The van der Waals surface area contributed by atoms with Crippen molar-refractivity contribution < 1.29 is 21.8 Å². The van der Waals surface area contributed by atoms with E-state index in [1.165, 1.54) is 0 Å². The number of likely N-dealkylation sites (tertiary alicyclic amines) is 1. The van der Waals surface area contributed by atoms with E-state index >= 15 is 0 Å². The summed E-state index contributed by atoms with van der Waals surface area (Å²) in [5.74, 6) is -1.06. The van der Waals surface area contributed by atoms with Crippen molar-refractivity contribution in [3.63, 3.8) is 0 Å². The monoisotopic (exact) mass is 251 g/mol. The first-order valence-corrected chi connectivity index (χ1v) is 6.80. The Morgan fingerprint density at radius 3 is 2.81 bits per heavy atom. The first-order valence-electron chi connectivity index (χ1n) is 5.25. The molecule has 16 heavy (non-hydrogen) atoms. The molecule has 7 heteroatoms. The summed E-state index contributed by atoms with van der Waals surface area (Å²) in [5.41, 5.74) is 0. The molecule has 2 fully saturated rings. The van der Waals surface area contributed by atoms with Crippen LogP contribution in [0.1, 0.15) is 12.8 Å². The van der Waals surface area contributed by atoms with Gasteiger partial charge < -0.3 is 9.64 Å². The average molecular weight is 251 g/mol. The second-order valence-corrected chi connectivity index (χ2v) is 5.75. The zero-order chi connectivity index (χ0) is 11.8. The lowest BCUT2D eigenvalue weighted by molar-refractivity contribution is -0.129. The maximum Gasteiger partial charge on any atom is 0.302 e. The molecule has 1 unspecified atom stereocenters. The van der Waals surface area contributed by atoms with Gasteiger partial charge in [-0.1, -0.05) is 0 Å². The normalized spacial score (nSPS) is 31.3. The lowest BCUT2D eigenvalue weighted by Gasteiger charge is -2.22. The fourth-order valence-electron chi connectivity index (χ4n) is 2.32. The topological polar surface area (TPSA) is 63.7 Å². The maximum absolute atomic E-state index is 12.5. The Bertz CT molecular complexity index is 377. The number of halogens is 1. The largest absolute Gasteiger partial charge is 0.379 e. The van der Waals surface area contributed by atoms with Crippen LogP contribution in [0.5, 0.6) is 0 Å². The molecule has 0 aliphatic carbocycles. The van der Waals surface area contributed by atoms with E-state index in [1.54, 1.807) is 4.90 Å². The van der Waals surface area contributed by atoms with Crippen molar-refractivity contribution in [2.75, 3.05) is 25.5 Å². The lowest BCUT2D eigenvalue weighted by Crippen LogP contribution is -2.37. The van der Waals surface area contributed by atoms with E-state index in [1.807, 2.05) is 0 Å². The second-order valence-electron chi connectivity index (χ2n) is 4.34. The molecule has 0 aromatic carbocycles. The van der Waals surface area contributed by atoms with Gasteiger partial charge in [-0.05, 0) is 6.42 Å². The van der Waals surface area contributed by atoms with Gasteiger partial charge in [0.1, 0.15) is 0 Å². The van der Waals surface area contributed by atoms with Gasteiger partial charge in [0.05, 0.1) is 18.4 Å². The van der Waals surface area contributed by atoms with Crippen LogP contribution >= 0.6 is 0 Å². The van der Waals surface area contributed by atoms with Crippen molar-refractivity contribution in [3.05, 3.63) is 0 Å². The summed E-state index contributed by atoms with van der Waals surface area (Å²) >= 11 is 0. The van der Waals surface area contributed by atoms with Crippen molar-refractivity contribution in [1.29, 1.82) is 0 Å². The minimum Gasteiger partial charge on any atom is -0.379 e. The molecule has 2 aliphatic heterocycles.